The van der Waals surface area contributed by atoms with E-state index in [0.29, 0.717) is 47.3 Å². The van der Waals surface area contributed by atoms with E-state index in [9.17, 15) is 9.59 Å². The molecule has 4 aliphatic carbocycles. The van der Waals surface area contributed by atoms with Crippen LogP contribution in [0.5, 0.6) is 0 Å². The molecule has 1 saturated heterocycles. The van der Waals surface area contributed by atoms with Crippen molar-refractivity contribution in [2.24, 2.45) is 46.3 Å². The van der Waals surface area contributed by atoms with E-state index in [1.165, 1.54) is 37.0 Å². The Morgan fingerprint density at radius 3 is 2.60 bits per heavy atom. The van der Waals surface area contributed by atoms with Crippen LogP contribution in [0.4, 0.5) is 0 Å². The van der Waals surface area contributed by atoms with Crippen LogP contribution in [-0.4, -0.2) is 17.7 Å². The van der Waals surface area contributed by atoms with E-state index in [0.717, 1.165) is 37.5 Å². The van der Waals surface area contributed by atoms with Crippen molar-refractivity contribution in [3.63, 3.8) is 0 Å². The minimum absolute atomic E-state index is 0.163. The number of carbonyl (C=O) groups is 2. The molecule has 1 unspecified atom stereocenters. The summed E-state index contributed by atoms with van der Waals surface area (Å²) in [6.07, 6.45) is 9.77. The minimum atomic E-state index is 0.163. The predicted octanol–water partition coefficient (Wildman–Crippen LogP) is 6.11. The van der Waals surface area contributed by atoms with Gasteiger partial charge in [-0.3, -0.25) is 9.59 Å². The summed E-state index contributed by atoms with van der Waals surface area (Å²) in [7, 11) is 0. The SMILES string of the molecule is CC(C)C(=O)CC[C@@H](C)[C@H]1CC[C@H]2[C@@H]3C4OC4=C4CC(=O)CC[C@]4(C)[C@H]3CC[C@]12C. The molecule has 0 radical (unpaired) electrons. The fraction of sp³-hybridized carbons (Fsp3) is 0.852. The molecule has 30 heavy (non-hydrogen) atoms. The molecule has 0 amide bonds. The molecule has 3 nitrogen and oxygen atoms in total. The molecule has 4 fully saturated rings. The van der Waals surface area contributed by atoms with Crippen LogP contribution >= 0.6 is 0 Å². The first kappa shape index (κ1) is 20.8. The molecule has 1 heterocycles. The van der Waals surface area contributed by atoms with Gasteiger partial charge in [-0.05, 0) is 78.6 Å². The number of ketones is 2. The number of hydrogen-bond acceptors (Lipinski definition) is 3. The molecular weight excluding hydrogens is 372 g/mol. The summed E-state index contributed by atoms with van der Waals surface area (Å²) in [6, 6.07) is 0. The Bertz CT molecular complexity index is 794. The topological polar surface area (TPSA) is 46.7 Å². The summed E-state index contributed by atoms with van der Waals surface area (Å²) in [4.78, 5) is 24.4. The van der Waals surface area contributed by atoms with Gasteiger partial charge in [0.2, 0.25) is 0 Å². The molecule has 3 saturated carbocycles. The van der Waals surface area contributed by atoms with Gasteiger partial charge in [-0.1, -0.05) is 34.6 Å². The molecule has 0 bridgehead atoms. The molecule has 8 atom stereocenters. The fourth-order valence-electron chi connectivity index (χ4n) is 8.61. The highest BCUT2D eigenvalue weighted by atomic mass is 16.6. The Labute approximate surface area is 182 Å². The number of allylic oxidation sites excluding steroid dienone is 1. The Hall–Kier alpha value is -1.12. The molecule has 166 valence electrons. The van der Waals surface area contributed by atoms with Crippen molar-refractivity contribution in [2.75, 3.05) is 0 Å². The maximum atomic E-state index is 12.2. The number of Topliss-reactive ketones (excluding diaryl/α,β-unsaturated/α-hetero) is 2. The van der Waals surface area contributed by atoms with E-state index < -0.39 is 0 Å². The van der Waals surface area contributed by atoms with Gasteiger partial charge in [0.25, 0.3) is 0 Å². The van der Waals surface area contributed by atoms with Crippen LogP contribution in [0.3, 0.4) is 0 Å². The highest BCUT2D eigenvalue weighted by Gasteiger charge is 2.67. The summed E-state index contributed by atoms with van der Waals surface area (Å²) in [5.74, 6) is 5.64. The van der Waals surface area contributed by atoms with Gasteiger partial charge in [-0.15, -0.1) is 0 Å². The van der Waals surface area contributed by atoms with Crippen molar-refractivity contribution in [1.82, 2.24) is 0 Å². The van der Waals surface area contributed by atoms with E-state index in [2.05, 4.69) is 20.8 Å². The molecule has 0 spiro atoms. The van der Waals surface area contributed by atoms with E-state index in [4.69, 9.17) is 4.74 Å². The van der Waals surface area contributed by atoms with Crippen molar-refractivity contribution in [1.29, 1.82) is 0 Å². The van der Waals surface area contributed by atoms with Crippen LogP contribution in [0.2, 0.25) is 0 Å². The number of carbonyl (C=O) groups excluding carboxylic acids is 2. The Balaban J connectivity index is 1.37. The lowest BCUT2D eigenvalue weighted by Gasteiger charge is -2.56. The Kier molecular flexibility index (Phi) is 4.80. The molecule has 0 aromatic rings. The summed E-state index contributed by atoms with van der Waals surface area (Å²) in [5.41, 5.74) is 1.95. The van der Waals surface area contributed by atoms with E-state index >= 15 is 0 Å². The smallest absolute Gasteiger partial charge is 0.158 e. The average Bonchev–Trinajstić information content (AvgIpc) is 3.41. The Morgan fingerprint density at radius 1 is 1.10 bits per heavy atom. The second-order valence-corrected chi connectivity index (χ2v) is 12.2. The highest BCUT2D eigenvalue weighted by Crippen LogP contribution is 2.71. The monoisotopic (exact) mass is 412 g/mol. The molecular formula is C27H40O3. The minimum Gasteiger partial charge on any atom is -0.483 e. The van der Waals surface area contributed by atoms with E-state index in [1.807, 2.05) is 13.8 Å². The van der Waals surface area contributed by atoms with Gasteiger partial charge in [-0.2, -0.15) is 0 Å². The number of epoxide rings is 1. The van der Waals surface area contributed by atoms with Crippen molar-refractivity contribution in [2.45, 2.75) is 98.5 Å². The molecule has 0 aromatic heterocycles. The number of ether oxygens (including phenoxy) is 1. The fourth-order valence-corrected chi connectivity index (χ4v) is 8.61. The summed E-state index contributed by atoms with van der Waals surface area (Å²) >= 11 is 0. The zero-order chi connectivity index (χ0) is 21.4. The lowest BCUT2D eigenvalue weighted by Crippen LogP contribution is -2.52. The van der Waals surface area contributed by atoms with Gasteiger partial charge in [0.1, 0.15) is 17.3 Å². The van der Waals surface area contributed by atoms with Gasteiger partial charge >= 0.3 is 0 Å². The zero-order valence-electron chi connectivity index (χ0n) is 19.6. The lowest BCUT2D eigenvalue weighted by molar-refractivity contribution is -0.122. The summed E-state index contributed by atoms with van der Waals surface area (Å²) < 4.78 is 6.27. The van der Waals surface area contributed by atoms with Gasteiger partial charge < -0.3 is 4.74 Å². The van der Waals surface area contributed by atoms with Gasteiger partial charge in [0, 0.05) is 31.1 Å². The molecule has 5 aliphatic rings. The molecule has 0 aromatic carbocycles. The highest BCUT2D eigenvalue weighted by molar-refractivity contribution is 5.83. The number of hydrogen-bond donors (Lipinski definition) is 0. The zero-order valence-corrected chi connectivity index (χ0v) is 19.6. The van der Waals surface area contributed by atoms with Gasteiger partial charge in [0.15, 0.2) is 6.10 Å². The summed E-state index contributed by atoms with van der Waals surface area (Å²) in [5, 5.41) is 0. The normalized spacial score (nSPS) is 45.3. The third-order valence-electron chi connectivity index (χ3n) is 10.5. The maximum absolute atomic E-state index is 12.2. The first-order valence-electron chi connectivity index (χ1n) is 12.6. The van der Waals surface area contributed by atoms with Crippen LogP contribution in [0, 0.1) is 46.3 Å². The van der Waals surface area contributed by atoms with Crippen LogP contribution in [0.1, 0.15) is 92.4 Å². The molecule has 1 aliphatic heterocycles. The van der Waals surface area contributed by atoms with Crippen molar-refractivity contribution in [3.8, 4) is 0 Å². The average molecular weight is 413 g/mol. The first-order valence-corrected chi connectivity index (χ1v) is 12.6. The van der Waals surface area contributed by atoms with Crippen LogP contribution < -0.4 is 0 Å². The third kappa shape index (κ3) is 2.89. The van der Waals surface area contributed by atoms with Gasteiger partial charge in [-0.25, -0.2) is 0 Å². The lowest BCUT2D eigenvalue weighted by atomic mass is 9.47. The van der Waals surface area contributed by atoms with Crippen LogP contribution in [-0.2, 0) is 14.3 Å². The van der Waals surface area contributed by atoms with Crippen molar-refractivity contribution < 1.29 is 14.3 Å². The number of fused-ring (bicyclic) bond motifs is 7. The predicted molar refractivity (Wildman–Crippen MR) is 118 cm³/mol. The van der Waals surface area contributed by atoms with Crippen molar-refractivity contribution in [3.05, 3.63) is 11.3 Å². The third-order valence-corrected chi connectivity index (χ3v) is 10.5. The standard InChI is InChI=1S/C27H40O3/c1-15(2)22(29)9-6-16(3)18-7-8-19-23-20(11-13-26(18,19)4)27(5)12-10-17(28)14-21(27)24-25(23)30-24/h15-16,18-20,23,25H,6-14H2,1-5H3/t16-,18-,19+,20+,23+,25?,26-,27-/m1/s1. The van der Waals surface area contributed by atoms with Crippen LogP contribution in [0.25, 0.3) is 0 Å². The van der Waals surface area contributed by atoms with Crippen LogP contribution in [0.15, 0.2) is 11.3 Å². The van der Waals surface area contributed by atoms with E-state index in [-0.39, 0.29) is 11.3 Å². The molecule has 0 N–H and O–H groups in total. The summed E-state index contributed by atoms with van der Waals surface area (Å²) in [6.45, 7) is 11.5. The number of rotatable bonds is 5. The first-order chi connectivity index (χ1) is 14.2. The maximum Gasteiger partial charge on any atom is 0.158 e. The largest absolute Gasteiger partial charge is 0.483 e. The molecule has 3 heteroatoms. The second-order valence-electron chi connectivity index (χ2n) is 12.2. The van der Waals surface area contributed by atoms with E-state index in [1.54, 1.807) is 0 Å². The van der Waals surface area contributed by atoms with Gasteiger partial charge in [0.05, 0.1) is 0 Å². The van der Waals surface area contributed by atoms with Crippen molar-refractivity contribution >= 4 is 11.6 Å². The Morgan fingerprint density at radius 2 is 1.87 bits per heavy atom. The molecule has 5 rings (SSSR count). The second kappa shape index (κ2) is 6.94. The quantitative estimate of drug-likeness (QED) is 0.512.